The van der Waals surface area contributed by atoms with Crippen molar-refractivity contribution in [2.45, 2.75) is 0 Å². The Morgan fingerprint density at radius 1 is 0.432 bits per heavy atom. The highest BCUT2D eigenvalue weighted by atomic mass is 14.8. The molecule has 0 saturated carbocycles. The summed E-state index contributed by atoms with van der Waals surface area (Å²) in [7, 11) is 0. The van der Waals surface area contributed by atoms with E-state index in [4.69, 9.17) is 15.0 Å². The van der Waals surface area contributed by atoms with E-state index in [0.717, 1.165) is 77.6 Å². The Morgan fingerprint density at radius 3 is 1.66 bits per heavy atom. The van der Waals surface area contributed by atoms with Gasteiger partial charge < -0.3 is 0 Å². The highest BCUT2D eigenvalue weighted by molar-refractivity contribution is 6.23. The third kappa shape index (κ3) is 4.27. The fraction of sp³-hybridized carbons (Fsp3) is 0. The summed E-state index contributed by atoms with van der Waals surface area (Å²) in [5.41, 5.74) is 10.5. The van der Waals surface area contributed by atoms with Gasteiger partial charge in [-0.15, -0.1) is 0 Å². The Hall–Kier alpha value is -6.18. The molecule has 0 bridgehead atoms. The quantitative estimate of drug-likeness (QED) is 0.201. The van der Waals surface area contributed by atoms with Gasteiger partial charge in [0, 0.05) is 38.4 Å². The third-order valence-corrected chi connectivity index (χ3v) is 8.05. The average molecular weight is 561 g/mol. The normalized spacial score (nSPS) is 11.2. The van der Waals surface area contributed by atoms with E-state index in [-0.39, 0.29) is 0 Å². The van der Waals surface area contributed by atoms with E-state index in [1.165, 1.54) is 0 Å². The van der Waals surface area contributed by atoms with Crippen LogP contribution in [0.25, 0.3) is 77.6 Å². The second-order valence-corrected chi connectivity index (χ2v) is 10.7. The van der Waals surface area contributed by atoms with Crippen molar-refractivity contribution in [1.29, 1.82) is 5.26 Å². The second-order valence-electron chi connectivity index (χ2n) is 10.7. The van der Waals surface area contributed by atoms with Crippen molar-refractivity contribution in [1.82, 2.24) is 15.0 Å². The van der Waals surface area contributed by atoms with Crippen LogP contribution in [-0.4, -0.2) is 15.0 Å². The molecule has 0 aliphatic rings. The van der Waals surface area contributed by atoms with Crippen LogP contribution in [0, 0.1) is 11.3 Å². The van der Waals surface area contributed by atoms with Crippen molar-refractivity contribution < 1.29 is 0 Å². The molecule has 2 heterocycles. The zero-order valence-electron chi connectivity index (χ0n) is 23.6. The summed E-state index contributed by atoms with van der Waals surface area (Å²) in [6.07, 6.45) is 0. The van der Waals surface area contributed by atoms with Gasteiger partial charge in [0.25, 0.3) is 0 Å². The van der Waals surface area contributed by atoms with Crippen molar-refractivity contribution in [3.05, 3.63) is 151 Å². The van der Waals surface area contributed by atoms with E-state index in [0.29, 0.717) is 5.56 Å². The standard InChI is InChI=1S/C40H24N4/c41-25-26-13-12-20-30(23-26)36-33-24-32(27-14-4-1-5-15-27)39-40(35(33)31-21-10-11-22-34(31)42-36)44-38(29-18-8-3-9-19-29)37(43-39)28-16-6-2-7-17-28/h1-24H. The number of fused-ring (bicyclic) bond motifs is 5. The van der Waals surface area contributed by atoms with Gasteiger partial charge >= 0.3 is 0 Å². The maximum atomic E-state index is 9.70. The molecule has 0 aliphatic carbocycles. The van der Waals surface area contributed by atoms with Gasteiger partial charge in [-0.3, -0.25) is 0 Å². The van der Waals surface area contributed by atoms with Crippen LogP contribution in [0.2, 0.25) is 0 Å². The van der Waals surface area contributed by atoms with Crippen LogP contribution in [0.15, 0.2) is 146 Å². The van der Waals surface area contributed by atoms with Gasteiger partial charge in [0.05, 0.1) is 45.3 Å². The first kappa shape index (κ1) is 25.5. The van der Waals surface area contributed by atoms with Gasteiger partial charge in [-0.25, -0.2) is 15.0 Å². The number of aromatic nitrogens is 3. The smallest absolute Gasteiger partial charge is 0.0991 e. The first-order chi connectivity index (χ1) is 21.8. The van der Waals surface area contributed by atoms with Crippen LogP contribution in [0.4, 0.5) is 0 Å². The van der Waals surface area contributed by atoms with E-state index in [1.54, 1.807) is 0 Å². The number of nitriles is 1. The number of para-hydroxylation sites is 1. The topological polar surface area (TPSA) is 62.5 Å². The molecule has 8 aromatic rings. The van der Waals surface area contributed by atoms with Gasteiger partial charge in [-0.05, 0) is 29.8 Å². The molecule has 0 N–H and O–H groups in total. The Balaban J connectivity index is 1.60. The Morgan fingerprint density at radius 2 is 1.00 bits per heavy atom. The molecule has 8 rings (SSSR count). The molecule has 0 amide bonds. The highest BCUT2D eigenvalue weighted by Gasteiger charge is 2.22. The van der Waals surface area contributed by atoms with Crippen molar-refractivity contribution >= 4 is 32.7 Å². The van der Waals surface area contributed by atoms with Gasteiger partial charge in [0.2, 0.25) is 0 Å². The van der Waals surface area contributed by atoms with E-state index in [9.17, 15) is 5.26 Å². The molecular weight excluding hydrogens is 536 g/mol. The minimum atomic E-state index is 0.591. The molecule has 0 aliphatic heterocycles. The van der Waals surface area contributed by atoms with E-state index < -0.39 is 0 Å². The van der Waals surface area contributed by atoms with Crippen LogP contribution < -0.4 is 0 Å². The van der Waals surface area contributed by atoms with Crippen molar-refractivity contribution in [2.24, 2.45) is 0 Å². The van der Waals surface area contributed by atoms with Crippen molar-refractivity contribution in [3.63, 3.8) is 0 Å². The largest absolute Gasteiger partial charge is 0.247 e. The molecule has 4 nitrogen and oxygen atoms in total. The fourth-order valence-electron chi connectivity index (χ4n) is 6.02. The van der Waals surface area contributed by atoms with Crippen LogP contribution in [0.3, 0.4) is 0 Å². The van der Waals surface area contributed by atoms with Gasteiger partial charge in [0.1, 0.15) is 0 Å². The van der Waals surface area contributed by atoms with Crippen molar-refractivity contribution in [3.8, 4) is 51.0 Å². The Bertz CT molecular complexity index is 2380. The first-order valence-corrected chi connectivity index (χ1v) is 14.5. The average Bonchev–Trinajstić information content (AvgIpc) is 3.11. The molecule has 0 spiro atoms. The molecule has 0 saturated heterocycles. The third-order valence-electron chi connectivity index (χ3n) is 8.05. The lowest BCUT2D eigenvalue weighted by atomic mass is 9.92. The Labute approximate surface area is 254 Å². The maximum Gasteiger partial charge on any atom is 0.0991 e. The van der Waals surface area contributed by atoms with Gasteiger partial charge in [-0.1, -0.05) is 121 Å². The molecule has 2 aromatic heterocycles. The second kappa shape index (κ2) is 10.6. The highest BCUT2D eigenvalue weighted by Crippen LogP contribution is 2.42. The zero-order chi connectivity index (χ0) is 29.5. The minimum absolute atomic E-state index is 0.591. The molecule has 4 heteroatoms. The van der Waals surface area contributed by atoms with E-state index in [1.807, 2.05) is 97.1 Å². The number of hydrogen-bond donors (Lipinski definition) is 0. The van der Waals surface area contributed by atoms with Crippen LogP contribution >= 0.6 is 0 Å². The molecule has 0 radical (unpaired) electrons. The number of nitrogens with zero attached hydrogens (tertiary/aromatic N) is 4. The molecule has 0 atom stereocenters. The van der Waals surface area contributed by atoms with Crippen LogP contribution in [0.1, 0.15) is 5.56 Å². The summed E-state index contributed by atoms with van der Waals surface area (Å²) < 4.78 is 0. The molecule has 6 aromatic carbocycles. The Kier molecular flexibility index (Phi) is 6.14. The predicted octanol–water partition coefficient (Wildman–Crippen LogP) is 9.87. The molecule has 0 fully saturated rings. The number of hydrogen-bond acceptors (Lipinski definition) is 4. The molecule has 44 heavy (non-hydrogen) atoms. The SMILES string of the molecule is N#Cc1cccc(-c2nc3ccccc3c3c2cc(-c2ccccc2)c2nc(-c4ccccc4)c(-c4ccccc4)nc23)c1. The summed E-state index contributed by atoms with van der Waals surface area (Å²) >= 11 is 0. The zero-order valence-corrected chi connectivity index (χ0v) is 23.6. The van der Waals surface area contributed by atoms with Gasteiger partial charge in [0.15, 0.2) is 0 Å². The summed E-state index contributed by atoms with van der Waals surface area (Å²) in [5, 5.41) is 12.7. The van der Waals surface area contributed by atoms with E-state index >= 15 is 0 Å². The summed E-state index contributed by atoms with van der Waals surface area (Å²) in [5.74, 6) is 0. The summed E-state index contributed by atoms with van der Waals surface area (Å²) in [4.78, 5) is 16.1. The molecule has 204 valence electrons. The molecule has 0 unspecified atom stereocenters. The van der Waals surface area contributed by atoms with Gasteiger partial charge in [-0.2, -0.15) is 5.26 Å². The van der Waals surface area contributed by atoms with E-state index in [2.05, 4.69) is 54.6 Å². The monoisotopic (exact) mass is 560 g/mol. The lowest BCUT2D eigenvalue weighted by Crippen LogP contribution is -2.00. The van der Waals surface area contributed by atoms with Crippen LogP contribution in [-0.2, 0) is 0 Å². The number of benzene rings is 6. The number of rotatable bonds is 4. The number of pyridine rings is 1. The fourth-order valence-corrected chi connectivity index (χ4v) is 6.02. The van der Waals surface area contributed by atoms with Crippen molar-refractivity contribution in [2.75, 3.05) is 0 Å². The minimum Gasteiger partial charge on any atom is -0.247 e. The lowest BCUT2D eigenvalue weighted by molar-refractivity contribution is 1.30. The summed E-state index contributed by atoms with van der Waals surface area (Å²) in [6, 6.07) is 51.2. The maximum absolute atomic E-state index is 9.70. The molecular formula is C40H24N4. The summed E-state index contributed by atoms with van der Waals surface area (Å²) in [6.45, 7) is 0. The predicted molar refractivity (Wildman–Crippen MR) is 179 cm³/mol. The lowest BCUT2D eigenvalue weighted by Gasteiger charge is -2.18. The first-order valence-electron chi connectivity index (χ1n) is 14.5. The van der Waals surface area contributed by atoms with Crippen LogP contribution in [0.5, 0.6) is 0 Å².